The van der Waals surface area contributed by atoms with Crippen molar-refractivity contribution in [2.45, 2.75) is 26.4 Å². The molecule has 4 heteroatoms. The zero-order chi connectivity index (χ0) is 15.2. The molecule has 2 atom stereocenters. The quantitative estimate of drug-likeness (QED) is 0.815. The van der Waals surface area contributed by atoms with Crippen molar-refractivity contribution in [1.29, 1.82) is 0 Å². The van der Waals surface area contributed by atoms with Crippen LogP contribution < -0.4 is 4.74 Å². The third-order valence-electron chi connectivity index (χ3n) is 4.02. The van der Waals surface area contributed by atoms with Crippen molar-refractivity contribution in [3.63, 3.8) is 0 Å². The van der Waals surface area contributed by atoms with Gasteiger partial charge in [0, 0.05) is 0 Å². The number of hydrogen-bond acceptors (Lipinski definition) is 3. The first-order valence-corrected chi connectivity index (χ1v) is 7.24. The van der Waals surface area contributed by atoms with E-state index in [1.807, 2.05) is 0 Å². The molecule has 4 nitrogen and oxygen atoms in total. The summed E-state index contributed by atoms with van der Waals surface area (Å²) in [5.74, 6) is 0.605. The van der Waals surface area contributed by atoms with Crippen LogP contribution in [-0.2, 0) is 11.3 Å². The van der Waals surface area contributed by atoms with E-state index in [9.17, 15) is 4.79 Å². The zero-order valence-electron chi connectivity index (χ0n) is 12.5. The Labute approximate surface area is 125 Å². The van der Waals surface area contributed by atoms with Gasteiger partial charge in [0.25, 0.3) is 0 Å². The molecule has 0 radical (unpaired) electrons. The van der Waals surface area contributed by atoms with Crippen molar-refractivity contribution in [1.82, 2.24) is 0 Å². The second-order valence-corrected chi connectivity index (χ2v) is 5.54. The van der Waals surface area contributed by atoms with Crippen LogP contribution in [0.2, 0.25) is 0 Å². The number of ether oxygens (including phenoxy) is 2. The predicted octanol–water partition coefficient (Wildman–Crippen LogP) is 3.51. The molecule has 0 saturated heterocycles. The average Bonchev–Trinajstić information content (AvgIpc) is 2.48. The summed E-state index contributed by atoms with van der Waals surface area (Å²) in [5.41, 5.74) is 1.10. The Morgan fingerprint density at radius 2 is 2.10 bits per heavy atom. The van der Waals surface area contributed by atoms with Gasteiger partial charge in [-0.3, -0.25) is 0 Å². The summed E-state index contributed by atoms with van der Waals surface area (Å²) < 4.78 is 10.9. The number of carbonyl (C=O) groups is 1. The van der Waals surface area contributed by atoms with Gasteiger partial charge in [-0.05, 0) is 42.4 Å². The van der Waals surface area contributed by atoms with Crippen LogP contribution in [0.15, 0.2) is 30.4 Å². The Kier molecular flexibility index (Phi) is 5.39. The van der Waals surface area contributed by atoms with E-state index in [4.69, 9.17) is 14.6 Å². The molecule has 1 aliphatic rings. The topological polar surface area (TPSA) is 55.8 Å². The summed E-state index contributed by atoms with van der Waals surface area (Å²) in [6, 6.07) is 5.07. The fourth-order valence-corrected chi connectivity index (χ4v) is 2.57. The van der Waals surface area contributed by atoms with E-state index in [-0.39, 0.29) is 5.56 Å². The van der Waals surface area contributed by atoms with Gasteiger partial charge in [0.1, 0.15) is 11.3 Å². The average molecular weight is 290 g/mol. The summed E-state index contributed by atoms with van der Waals surface area (Å²) >= 11 is 0. The number of allylic oxidation sites excluding steroid dienone is 2. The van der Waals surface area contributed by atoms with Gasteiger partial charge in [-0.2, -0.15) is 0 Å². The van der Waals surface area contributed by atoms with Crippen molar-refractivity contribution in [3.05, 3.63) is 41.5 Å². The molecular weight excluding hydrogens is 268 g/mol. The van der Waals surface area contributed by atoms with Crippen molar-refractivity contribution in [2.24, 2.45) is 11.8 Å². The minimum atomic E-state index is -0.984. The molecule has 0 saturated carbocycles. The maximum atomic E-state index is 11.0. The number of methoxy groups -OCH3 is 1. The third kappa shape index (κ3) is 4.08. The van der Waals surface area contributed by atoms with E-state index in [0.717, 1.165) is 25.0 Å². The van der Waals surface area contributed by atoms with E-state index in [1.54, 1.807) is 18.2 Å². The Hall–Kier alpha value is -1.81. The van der Waals surface area contributed by atoms with Crippen LogP contribution in [0.1, 0.15) is 35.7 Å². The highest BCUT2D eigenvalue weighted by molar-refractivity contribution is 5.90. The molecule has 2 unspecified atom stereocenters. The molecule has 0 heterocycles. The van der Waals surface area contributed by atoms with Gasteiger partial charge in [0.15, 0.2) is 0 Å². The highest BCUT2D eigenvalue weighted by Crippen LogP contribution is 2.26. The maximum Gasteiger partial charge on any atom is 0.339 e. The molecule has 0 spiro atoms. The van der Waals surface area contributed by atoms with E-state index in [0.29, 0.717) is 24.2 Å². The number of benzene rings is 1. The predicted molar refractivity (Wildman–Crippen MR) is 80.6 cm³/mol. The van der Waals surface area contributed by atoms with Gasteiger partial charge in [-0.15, -0.1) is 0 Å². The number of hydrogen-bond donors (Lipinski definition) is 1. The largest absolute Gasteiger partial charge is 0.496 e. The van der Waals surface area contributed by atoms with Gasteiger partial charge in [0.05, 0.1) is 20.3 Å². The molecule has 0 aromatic heterocycles. The monoisotopic (exact) mass is 290 g/mol. The summed E-state index contributed by atoms with van der Waals surface area (Å²) in [4.78, 5) is 11.0. The van der Waals surface area contributed by atoms with E-state index >= 15 is 0 Å². The standard InChI is InChI=1S/C17H22O4/c1-12-5-3-4-6-14(12)11-21-10-13-7-8-15(17(18)19)16(9-13)20-2/h3-4,7-9,12,14H,5-6,10-11H2,1-2H3,(H,18,19). The van der Waals surface area contributed by atoms with Crippen LogP contribution in [0.25, 0.3) is 0 Å². The zero-order valence-corrected chi connectivity index (χ0v) is 12.5. The summed E-state index contributed by atoms with van der Waals surface area (Å²) in [6.07, 6.45) is 6.65. The van der Waals surface area contributed by atoms with Crippen LogP contribution in [0.4, 0.5) is 0 Å². The van der Waals surface area contributed by atoms with Gasteiger partial charge in [0.2, 0.25) is 0 Å². The molecule has 1 aromatic carbocycles. The molecule has 114 valence electrons. The first-order chi connectivity index (χ1) is 10.1. The lowest BCUT2D eigenvalue weighted by Gasteiger charge is -2.25. The fraction of sp³-hybridized carbons (Fsp3) is 0.471. The van der Waals surface area contributed by atoms with Crippen LogP contribution in [0.5, 0.6) is 5.75 Å². The van der Waals surface area contributed by atoms with Gasteiger partial charge in [-0.25, -0.2) is 4.79 Å². The molecule has 1 N–H and O–H groups in total. The summed E-state index contributed by atoms with van der Waals surface area (Å²) in [5, 5.41) is 9.05. The molecular formula is C17H22O4. The van der Waals surface area contributed by atoms with E-state index in [2.05, 4.69) is 19.1 Å². The second-order valence-electron chi connectivity index (χ2n) is 5.54. The first-order valence-electron chi connectivity index (χ1n) is 7.24. The molecule has 1 aliphatic carbocycles. The molecule has 0 aliphatic heterocycles. The van der Waals surface area contributed by atoms with Crippen molar-refractivity contribution in [3.8, 4) is 5.75 Å². The van der Waals surface area contributed by atoms with Crippen LogP contribution in [0, 0.1) is 11.8 Å². The fourth-order valence-electron chi connectivity index (χ4n) is 2.57. The summed E-state index contributed by atoms with van der Waals surface area (Å²) in [7, 11) is 1.47. The highest BCUT2D eigenvalue weighted by Gasteiger charge is 2.18. The lowest BCUT2D eigenvalue weighted by atomic mass is 9.85. The maximum absolute atomic E-state index is 11.0. The van der Waals surface area contributed by atoms with Gasteiger partial charge in [-0.1, -0.05) is 25.1 Å². The lowest BCUT2D eigenvalue weighted by molar-refractivity contribution is 0.0672. The van der Waals surface area contributed by atoms with Crippen LogP contribution >= 0.6 is 0 Å². The molecule has 0 amide bonds. The van der Waals surface area contributed by atoms with Crippen molar-refractivity contribution < 1.29 is 19.4 Å². The Morgan fingerprint density at radius 1 is 1.33 bits per heavy atom. The highest BCUT2D eigenvalue weighted by atomic mass is 16.5. The normalized spacial score (nSPS) is 21.2. The SMILES string of the molecule is COc1cc(COCC2CC=CCC2C)ccc1C(=O)O. The number of carboxylic acid groups (broad SMARTS) is 1. The molecule has 21 heavy (non-hydrogen) atoms. The number of aromatic carboxylic acids is 1. The molecule has 0 bridgehead atoms. The minimum absolute atomic E-state index is 0.173. The third-order valence-corrected chi connectivity index (χ3v) is 4.02. The Balaban J connectivity index is 1.91. The Bertz CT molecular complexity index is 522. The minimum Gasteiger partial charge on any atom is -0.496 e. The molecule has 0 fully saturated rings. The van der Waals surface area contributed by atoms with Crippen LogP contribution in [0.3, 0.4) is 0 Å². The van der Waals surface area contributed by atoms with Crippen LogP contribution in [-0.4, -0.2) is 24.8 Å². The van der Waals surface area contributed by atoms with Gasteiger partial charge >= 0.3 is 5.97 Å². The molecule has 2 rings (SSSR count). The molecule has 1 aromatic rings. The van der Waals surface area contributed by atoms with E-state index in [1.165, 1.54) is 7.11 Å². The van der Waals surface area contributed by atoms with Crippen molar-refractivity contribution >= 4 is 5.97 Å². The summed E-state index contributed by atoms with van der Waals surface area (Å²) in [6.45, 7) is 3.46. The first kappa shape index (κ1) is 15.6. The number of carboxylic acids is 1. The van der Waals surface area contributed by atoms with E-state index < -0.39 is 5.97 Å². The lowest BCUT2D eigenvalue weighted by Crippen LogP contribution is -2.19. The second kappa shape index (κ2) is 7.27. The smallest absolute Gasteiger partial charge is 0.339 e. The Morgan fingerprint density at radius 3 is 2.76 bits per heavy atom. The number of rotatable bonds is 6. The van der Waals surface area contributed by atoms with Gasteiger partial charge < -0.3 is 14.6 Å². The van der Waals surface area contributed by atoms with Crippen molar-refractivity contribution in [2.75, 3.05) is 13.7 Å².